The SMILES string of the molecule is CC12CCC(C1)C(C)(C)C2S. The Bertz CT molecular complexity index is 181. The highest BCUT2D eigenvalue weighted by Crippen LogP contribution is 2.64. The molecule has 2 rings (SSSR count). The summed E-state index contributed by atoms with van der Waals surface area (Å²) < 4.78 is 0. The largest absolute Gasteiger partial charge is 0.175 e. The van der Waals surface area contributed by atoms with E-state index >= 15 is 0 Å². The third kappa shape index (κ3) is 0.838. The van der Waals surface area contributed by atoms with E-state index in [2.05, 4.69) is 20.8 Å². The monoisotopic (exact) mass is 170 g/mol. The average Bonchev–Trinajstić information content (AvgIpc) is 2.36. The zero-order valence-corrected chi connectivity index (χ0v) is 8.62. The van der Waals surface area contributed by atoms with Gasteiger partial charge < -0.3 is 0 Å². The van der Waals surface area contributed by atoms with Crippen LogP contribution in [0, 0.1) is 16.7 Å². The van der Waals surface area contributed by atoms with Crippen molar-refractivity contribution < 1.29 is 0 Å². The summed E-state index contributed by atoms with van der Waals surface area (Å²) in [6.07, 6.45) is 4.28. The third-order valence-corrected chi connectivity index (χ3v) is 5.48. The normalized spacial score (nSPS) is 53.5. The molecule has 0 saturated heterocycles. The lowest BCUT2D eigenvalue weighted by Crippen LogP contribution is -2.36. The first-order chi connectivity index (χ1) is 4.97. The predicted molar refractivity (Wildman–Crippen MR) is 52.0 cm³/mol. The van der Waals surface area contributed by atoms with Gasteiger partial charge in [0.2, 0.25) is 0 Å². The average molecular weight is 170 g/mol. The topological polar surface area (TPSA) is 0 Å². The van der Waals surface area contributed by atoms with Crippen molar-refractivity contribution in [2.45, 2.75) is 45.3 Å². The van der Waals surface area contributed by atoms with Gasteiger partial charge in [0.1, 0.15) is 0 Å². The van der Waals surface area contributed by atoms with Gasteiger partial charge in [0.15, 0.2) is 0 Å². The lowest BCUT2D eigenvalue weighted by atomic mass is 9.72. The van der Waals surface area contributed by atoms with Gasteiger partial charge in [0.25, 0.3) is 0 Å². The molecule has 0 aromatic heterocycles. The van der Waals surface area contributed by atoms with Crippen molar-refractivity contribution >= 4 is 12.6 Å². The molecule has 2 aliphatic rings. The summed E-state index contributed by atoms with van der Waals surface area (Å²) in [5.41, 5.74) is 1.06. The molecule has 0 aromatic carbocycles. The smallest absolute Gasteiger partial charge is 0.0124 e. The Morgan fingerprint density at radius 2 is 1.91 bits per heavy atom. The molecular formula is C10H18S. The van der Waals surface area contributed by atoms with Crippen molar-refractivity contribution in [2.75, 3.05) is 0 Å². The number of thiol groups is 1. The molecule has 11 heavy (non-hydrogen) atoms. The zero-order chi connectivity index (χ0) is 8.28. The standard InChI is InChI=1S/C10H18S/c1-9(2)7-4-5-10(3,6-7)8(9)11/h7-8,11H,4-6H2,1-3H3. The summed E-state index contributed by atoms with van der Waals surface area (Å²) in [5, 5.41) is 0.633. The Labute approximate surface area is 75.2 Å². The fraction of sp³-hybridized carbons (Fsp3) is 1.00. The minimum atomic E-state index is 0.496. The van der Waals surface area contributed by atoms with Crippen molar-refractivity contribution in [2.24, 2.45) is 16.7 Å². The second-order valence-corrected chi connectivity index (χ2v) is 5.83. The van der Waals surface area contributed by atoms with Gasteiger partial charge in [-0.3, -0.25) is 0 Å². The van der Waals surface area contributed by atoms with Gasteiger partial charge in [0, 0.05) is 5.25 Å². The fourth-order valence-electron chi connectivity index (χ4n) is 3.28. The van der Waals surface area contributed by atoms with E-state index in [9.17, 15) is 0 Å². The van der Waals surface area contributed by atoms with Crippen LogP contribution in [0.3, 0.4) is 0 Å². The van der Waals surface area contributed by atoms with E-state index in [-0.39, 0.29) is 0 Å². The van der Waals surface area contributed by atoms with Crippen LogP contribution in [0.4, 0.5) is 0 Å². The molecule has 3 atom stereocenters. The van der Waals surface area contributed by atoms with Crippen molar-refractivity contribution in [3.8, 4) is 0 Å². The molecule has 64 valence electrons. The number of fused-ring (bicyclic) bond motifs is 2. The highest BCUT2D eigenvalue weighted by Gasteiger charge is 2.57. The molecule has 0 nitrogen and oxygen atoms in total. The molecule has 2 aliphatic carbocycles. The number of hydrogen-bond acceptors (Lipinski definition) is 1. The van der Waals surface area contributed by atoms with E-state index in [0.29, 0.717) is 16.1 Å². The Kier molecular flexibility index (Phi) is 1.44. The van der Waals surface area contributed by atoms with Gasteiger partial charge in [-0.05, 0) is 36.0 Å². The van der Waals surface area contributed by atoms with Gasteiger partial charge in [-0.15, -0.1) is 0 Å². The molecule has 1 heteroatoms. The molecule has 0 radical (unpaired) electrons. The highest BCUT2D eigenvalue weighted by molar-refractivity contribution is 7.81. The first-order valence-corrected chi connectivity index (χ1v) is 5.16. The second kappa shape index (κ2) is 1.99. The van der Waals surface area contributed by atoms with E-state index in [4.69, 9.17) is 12.6 Å². The Morgan fingerprint density at radius 3 is 2.18 bits per heavy atom. The van der Waals surface area contributed by atoms with Gasteiger partial charge in [-0.2, -0.15) is 12.6 Å². The van der Waals surface area contributed by atoms with E-state index in [1.165, 1.54) is 19.3 Å². The number of rotatable bonds is 0. The summed E-state index contributed by atoms with van der Waals surface area (Å²) in [5.74, 6) is 0.954. The first kappa shape index (κ1) is 7.97. The lowest BCUT2D eigenvalue weighted by Gasteiger charge is -2.39. The molecule has 3 unspecified atom stereocenters. The predicted octanol–water partition coefficient (Wildman–Crippen LogP) is 3.13. The van der Waals surface area contributed by atoms with Crippen LogP contribution in [0.15, 0.2) is 0 Å². The molecule has 0 aliphatic heterocycles. The first-order valence-electron chi connectivity index (χ1n) is 4.65. The van der Waals surface area contributed by atoms with Crippen LogP contribution < -0.4 is 0 Å². The quantitative estimate of drug-likeness (QED) is 0.531. The molecule has 0 aromatic rings. The lowest BCUT2D eigenvalue weighted by molar-refractivity contribution is 0.196. The second-order valence-electron chi connectivity index (χ2n) is 5.32. The van der Waals surface area contributed by atoms with E-state index in [1.54, 1.807) is 0 Å². The van der Waals surface area contributed by atoms with E-state index in [1.807, 2.05) is 0 Å². The molecule has 2 bridgehead atoms. The summed E-state index contributed by atoms with van der Waals surface area (Å²) >= 11 is 4.76. The summed E-state index contributed by atoms with van der Waals surface area (Å²) in [6, 6.07) is 0. The summed E-state index contributed by atoms with van der Waals surface area (Å²) in [4.78, 5) is 0. The fourth-order valence-corrected chi connectivity index (χ4v) is 3.72. The Balaban J connectivity index is 2.34. The van der Waals surface area contributed by atoms with E-state index < -0.39 is 0 Å². The van der Waals surface area contributed by atoms with Crippen LogP contribution in [-0.2, 0) is 0 Å². The van der Waals surface area contributed by atoms with Gasteiger partial charge in [-0.25, -0.2) is 0 Å². The molecule has 2 fully saturated rings. The Hall–Kier alpha value is 0.350. The maximum atomic E-state index is 4.76. The molecule has 0 N–H and O–H groups in total. The number of hydrogen-bond donors (Lipinski definition) is 1. The maximum Gasteiger partial charge on any atom is 0.0124 e. The maximum absolute atomic E-state index is 4.76. The van der Waals surface area contributed by atoms with Crippen molar-refractivity contribution in [3.63, 3.8) is 0 Å². The molecule has 0 heterocycles. The van der Waals surface area contributed by atoms with Gasteiger partial charge in [0.05, 0.1) is 0 Å². The van der Waals surface area contributed by atoms with Crippen LogP contribution in [0.2, 0.25) is 0 Å². The van der Waals surface area contributed by atoms with Crippen molar-refractivity contribution in [1.82, 2.24) is 0 Å². The minimum absolute atomic E-state index is 0.496. The van der Waals surface area contributed by atoms with Crippen LogP contribution in [-0.4, -0.2) is 5.25 Å². The van der Waals surface area contributed by atoms with Gasteiger partial charge in [-0.1, -0.05) is 20.8 Å². The van der Waals surface area contributed by atoms with Crippen LogP contribution in [0.1, 0.15) is 40.0 Å². The van der Waals surface area contributed by atoms with Crippen LogP contribution in [0.25, 0.3) is 0 Å². The van der Waals surface area contributed by atoms with Crippen LogP contribution in [0.5, 0.6) is 0 Å². The minimum Gasteiger partial charge on any atom is -0.175 e. The molecular weight excluding hydrogens is 152 g/mol. The highest BCUT2D eigenvalue weighted by atomic mass is 32.1. The van der Waals surface area contributed by atoms with Crippen molar-refractivity contribution in [1.29, 1.82) is 0 Å². The summed E-state index contributed by atoms with van der Waals surface area (Å²) in [6.45, 7) is 7.19. The zero-order valence-electron chi connectivity index (χ0n) is 7.72. The van der Waals surface area contributed by atoms with Crippen LogP contribution >= 0.6 is 12.6 Å². The molecule has 2 saturated carbocycles. The third-order valence-electron chi connectivity index (χ3n) is 4.19. The summed E-state index contributed by atoms with van der Waals surface area (Å²) in [7, 11) is 0. The van der Waals surface area contributed by atoms with Gasteiger partial charge >= 0.3 is 0 Å². The molecule has 0 spiro atoms. The van der Waals surface area contributed by atoms with E-state index in [0.717, 1.165) is 5.92 Å². The van der Waals surface area contributed by atoms with Crippen molar-refractivity contribution in [3.05, 3.63) is 0 Å². The molecule has 0 amide bonds. The Morgan fingerprint density at radius 1 is 1.27 bits per heavy atom.